The summed E-state index contributed by atoms with van der Waals surface area (Å²) >= 11 is 2.56. The van der Waals surface area contributed by atoms with Gasteiger partial charge in [0.2, 0.25) is 20.0 Å². The van der Waals surface area contributed by atoms with Gasteiger partial charge >= 0.3 is 0 Å². The number of fused-ring (bicyclic) bond motifs is 2. The van der Waals surface area contributed by atoms with Gasteiger partial charge in [-0.1, -0.05) is 36.5 Å². The number of rotatable bonds is 8. The Morgan fingerprint density at radius 1 is 0.735 bits per heavy atom. The highest BCUT2D eigenvalue weighted by molar-refractivity contribution is 7.89. The van der Waals surface area contributed by atoms with Crippen LogP contribution in [0.1, 0.15) is 26.7 Å². The molecule has 2 heterocycles. The molecule has 6 N–H and O–H groups in total. The number of aromatic nitrogens is 2. The number of nitrogens with one attached hydrogen (secondary N) is 2. The van der Waals surface area contributed by atoms with Crippen LogP contribution in [0.4, 0.5) is 10.3 Å². The summed E-state index contributed by atoms with van der Waals surface area (Å²) in [5.74, 6) is 0. The highest BCUT2D eigenvalue weighted by Crippen LogP contribution is 2.27. The molecule has 0 saturated heterocycles. The smallest absolute Gasteiger partial charge is 0.240 e. The molecule has 184 valence electrons. The van der Waals surface area contributed by atoms with Crippen LogP contribution in [-0.2, 0) is 20.0 Å². The Hall–Kier alpha value is -2.36. The summed E-state index contributed by atoms with van der Waals surface area (Å²) in [6.45, 7) is 4.70. The average molecular weight is 543 g/mol. The second-order valence-corrected chi connectivity index (χ2v) is 12.8. The van der Waals surface area contributed by atoms with Crippen molar-refractivity contribution in [2.24, 2.45) is 0 Å². The van der Waals surface area contributed by atoms with Crippen LogP contribution < -0.4 is 20.9 Å². The van der Waals surface area contributed by atoms with Crippen molar-refractivity contribution in [3.8, 4) is 0 Å². The molecule has 0 bridgehead atoms. The molecule has 0 atom stereocenters. The predicted molar refractivity (Wildman–Crippen MR) is 139 cm³/mol. The van der Waals surface area contributed by atoms with Crippen LogP contribution >= 0.6 is 22.7 Å². The molecule has 2 aromatic heterocycles. The van der Waals surface area contributed by atoms with Gasteiger partial charge in [-0.2, -0.15) is 0 Å². The minimum atomic E-state index is -3.42. The Morgan fingerprint density at radius 2 is 1.12 bits per heavy atom. The molecule has 0 radical (unpaired) electrons. The average Bonchev–Trinajstić information content (AvgIpc) is 3.35. The number of nitrogens with two attached hydrogens (primary N) is 2. The van der Waals surface area contributed by atoms with E-state index in [0.717, 1.165) is 33.3 Å². The van der Waals surface area contributed by atoms with Crippen LogP contribution in [0.25, 0.3) is 20.4 Å². The maximum absolute atomic E-state index is 11.9. The van der Waals surface area contributed by atoms with E-state index in [1.807, 2.05) is 13.8 Å². The fraction of sp³-hybridized carbons (Fsp3) is 0.300. The summed E-state index contributed by atoms with van der Waals surface area (Å²) in [6, 6.07) is 9.62. The van der Waals surface area contributed by atoms with Gasteiger partial charge in [-0.3, -0.25) is 0 Å². The molecule has 0 spiro atoms. The molecule has 0 amide bonds. The first-order valence-electron chi connectivity index (χ1n) is 10.4. The monoisotopic (exact) mass is 542 g/mol. The van der Waals surface area contributed by atoms with Crippen LogP contribution in [0.15, 0.2) is 46.2 Å². The molecule has 10 nitrogen and oxygen atoms in total. The van der Waals surface area contributed by atoms with Crippen molar-refractivity contribution in [1.82, 2.24) is 19.4 Å². The lowest BCUT2D eigenvalue weighted by molar-refractivity contribution is 0.579. The minimum Gasteiger partial charge on any atom is -0.375 e. The lowest BCUT2D eigenvalue weighted by Gasteiger charge is -2.04. The van der Waals surface area contributed by atoms with Crippen LogP contribution in [0, 0.1) is 0 Å². The van der Waals surface area contributed by atoms with E-state index in [0.29, 0.717) is 23.4 Å². The third-order valence-corrected chi connectivity index (χ3v) is 9.07. The van der Waals surface area contributed by atoms with Gasteiger partial charge in [-0.15, -0.1) is 0 Å². The van der Waals surface area contributed by atoms with E-state index in [1.54, 1.807) is 36.4 Å². The van der Waals surface area contributed by atoms with Gasteiger partial charge in [0.1, 0.15) is 0 Å². The van der Waals surface area contributed by atoms with Crippen LogP contribution in [0.5, 0.6) is 0 Å². The molecule has 4 aromatic rings. The predicted octanol–water partition coefficient (Wildman–Crippen LogP) is 3.13. The first-order chi connectivity index (χ1) is 16.1. The molecule has 0 aliphatic heterocycles. The Kier molecular flexibility index (Phi) is 8.43. The normalized spacial score (nSPS) is 12.1. The first kappa shape index (κ1) is 26.2. The molecular weight excluding hydrogens is 517 g/mol. The van der Waals surface area contributed by atoms with E-state index in [4.69, 9.17) is 11.5 Å². The number of nitrogens with zero attached hydrogens (tertiary/aromatic N) is 2. The molecular formula is C20H26N6O4S4. The van der Waals surface area contributed by atoms with Crippen molar-refractivity contribution in [2.45, 2.75) is 36.5 Å². The Labute approximate surface area is 206 Å². The van der Waals surface area contributed by atoms with Crippen molar-refractivity contribution in [1.29, 1.82) is 0 Å². The number of thiazole rings is 2. The molecule has 0 fully saturated rings. The van der Waals surface area contributed by atoms with Gasteiger partial charge in [0, 0.05) is 13.1 Å². The van der Waals surface area contributed by atoms with E-state index in [1.165, 1.54) is 22.7 Å². The van der Waals surface area contributed by atoms with Crippen LogP contribution in [0.3, 0.4) is 0 Å². The highest BCUT2D eigenvalue weighted by Gasteiger charge is 2.15. The molecule has 34 heavy (non-hydrogen) atoms. The largest absolute Gasteiger partial charge is 0.375 e. The summed E-state index contributed by atoms with van der Waals surface area (Å²) in [5, 5.41) is 0.882. The van der Waals surface area contributed by atoms with Crippen molar-refractivity contribution < 1.29 is 16.8 Å². The lowest BCUT2D eigenvalue weighted by Crippen LogP contribution is -2.24. The summed E-state index contributed by atoms with van der Waals surface area (Å²) in [7, 11) is -6.83. The van der Waals surface area contributed by atoms with E-state index in [2.05, 4.69) is 19.4 Å². The maximum Gasteiger partial charge on any atom is 0.240 e. The molecule has 2 aromatic carbocycles. The summed E-state index contributed by atoms with van der Waals surface area (Å²) in [4.78, 5) is 8.66. The van der Waals surface area contributed by atoms with Gasteiger partial charge in [-0.05, 0) is 49.2 Å². The molecule has 4 rings (SSSR count). The summed E-state index contributed by atoms with van der Waals surface area (Å²) < 4.78 is 54.1. The van der Waals surface area contributed by atoms with Crippen molar-refractivity contribution in [3.63, 3.8) is 0 Å². The Bertz CT molecular complexity index is 1380. The third kappa shape index (κ3) is 6.40. The number of hydrogen-bond donors (Lipinski definition) is 4. The van der Waals surface area contributed by atoms with Gasteiger partial charge in [0.05, 0.1) is 30.2 Å². The number of anilines is 2. The number of nitrogen functional groups attached to an aromatic ring is 2. The zero-order chi connectivity index (χ0) is 24.9. The summed E-state index contributed by atoms with van der Waals surface area (Å²) in [6.07, 6.45) is 1.52. The fourth-order valence-electron chi connectivity index (χ4n) is 2.82. The van der Waals surface area contributed by atoms with E-state index < -0.39 is 20.0 Å². The molecule has 0 saturated carbocycles. The second kappa shape index (κ2) is 10.9. The minimum absolute atomic E-state index is 0.252. The number of benzene rings is 2. The third-order valence-electron chi connectivity index (χ3n) is 4.46. The highest BCUT2D eigenvalue weighted by atomic mass is 32.2. The molecule has 0 aliphatic rings. The standard InChI is InChI=1S/2C10H13N3O2S2/c2*1-2-5-12-17(14,15)7-3-4-8-9(6-7)16-10(11)13-8/h2*3-4,6,12H,2,5H2,1H3,(H2,11,13). The summed E-state index contributed by atoms with van der Waals surface area (Å²) in [5.41, 5.74) is 12.6. The zero-order valence-electron chi connectivity index (χ0n) is 18.6. The van der Waals surface area contributed by atoms with Gasteiger partial charge in [0.15, 0.2) is 10.3 Å². The van der Waals surface area contributed by atoms with Gasteiger partial charge in [-0.25, -0.2) is 36.2 Å². The Balaban J connectivity index is 0.000000191. The lowest BCUT2D eigenvalue weighted by atomic mass is 10.3. The maximum atomic E-state index is 11.9. The van der Waals surface area contributed by atoms with Crippen LogP contribution in [-0.4, -0.2) is 39.9 Å². The van der Waals surface area contributed by atoms with Gasteiger partial charge < -0.3 is 11.5 Å². The van der Waals surface area contributed by atoms with E-state index >= 15 is 0 Å². The topological polar surface area (TPSA) is 170 Å². The number of hydrogen-bond acceptors (Lipinski definition) is 10. The van der Waals surface area contributed by atoms with Crippen molar-refractivity contribution >= 4 is 73.4 Å². The second-order valence-electron chi connectivity index (χ2n) is 7.16. The van der Waals surface area contributed by atoms with Crippen molar-refractivity contribution in [3.05, 3.63) is 36.4 Å². The van der Waals surface area contributed by atoms with Crippen LogP contribution in [0.2, 0.25) is 0 Å². The van der Waals surface area contributed by atoms with Crippen molar-refractivity contribution in [2.75, 3.05) is 24.6 Å². The molecule has 0 unspecified atom stereocenters. The Morgan fingerprint density at radius 3 is 1.47 bits per heavy atom. The first-order valence-corrected chi connectivity index (χ1v) is 15.0. The quantitative estimate of drug-likeness (QED) is 0.263. The fourth-order valence-corrected chi connectivity index (χ4v) is 6.83. The van der Waals surface area contributed by atoms with Gasteiger partial charge in [0.25, 0.3) is 0 Å². The zero-order valence-corrected chi connectivity index (χ0v) is 21.9. The molecule has 0 aliphatic carbocycles. The number of sulfonamides is 2. The van der Waals surface area contributed by atoms with E-state index in [9.17, 15) is 16.8 Å². The SMILES string of the molecule is CCCNS(=O)(=O)c1ccc2nc(N)sc2c1.CCCNS(=O)(=O)c1ccc2nc(N)sc2c1. The van der Waals surface area contributed by atoms with E-state index in [-0.39, 0.29) is 9.79 Å². The molecule has 14 heteroatoms.